The number of anilines is 1. The second-order valence-corrected chi connectivity index (χ2v) is 9.14. The molecular weight excluding hydrogens is 368 g/mol. The van der Waals surface area contributed by atoms with Crippen LogP contribution in [0.3, 0.4) is 0 Å². The number of sulfonamides is 1. The number of benzene rings is 1. The predicted octanol–water partition coefficient (Wildman–Crippen LogP) is 2.88. The van der Waals surface area contributed by atoms with Crippen LogP contribution in [0.1, 0.15) is 12.8 Å². The van der Waals surface area contributed by atoms with Crippen LogP contribution in [0, 0.1) is 0 Å². The van der Waals surface area contributed by atoms with Crippen molar-refractivity contribution < 1.29 is 8.42 Å². The maximum absolute atomic E-state index is 11.6. The van der Waals surface area contributed by atoms with Crippen molar-refractivity contribution >= 4 is 38.1 Å². The number of para-hydroxylation sites is 1. The molecule has 0 radical (unpaired) electrons. The van der Waals surface area contributed by atoms with Gasteiger partial charge in [0.2, 0.25) is 10.0 Å². The maximum atomic E-state index is 11.6. The lowest BCUT2D eigenvalue weighted by Crippen LogP contribution is -2.47. The molecular formula is C18H20N4O2S2. The minimum Gasteiger partial charge on any atom is -0.354 e. The summed E-state index contributed by atoms with van der Waals surface area (Å²) in [5.74, 6) is 1.58. The van der Waals surface area contributed by atoms with E-state index < -0.39 is 10.0 Å². The first kappa shape index (κ1) is 17.4. The van der Waals surface area contributed by atoms with Gasteiger partial charge in [0.1, 0.15) is 5.82 Å². The highest BCUT2D eigenvalue weighted by Gasteiger charge is 2.25. The van der Waals surface area contributed by atoms with Gasteiger partial charge in [0.05, 0.1) is 11.8 Å². The number of piperidine rings is 1. The minimum atomic E-state index is -3.22. The number of nitrogens with one attached hydrogen (secondary N) is 1. The van der Waals surface area contributed by atoms with Crippen LogP contribution in [-0.2, 0) is 10.0 Å². The van der Waals surface area contributed by atoms with Crippen LogP contribution in [0.15, 0.2) is 41.1 Å². The number of hydrogen-bond acceptors (Lipinski definition) is 6. The molecule has 1 aromatic carbocycles. The molecule has 26 heavy (non-hydrogen) atoms. The Kier molecular flexibility index (Phi) is 4.64. The van der Waals surface area contributed by atoms with Gasteiger partial charge in [-0.05, 0) is 36.4 Å². The third kappa shape index (κ3) is 3.72. The van der Waals surface area contributed by atoms with Crippen LogP contribution in [0.2, 0.25) is 0 Å². The number of thiophene rings is 1. The monoisotopic (exact) mass is 388 g/mol. The molecule has 8 heteroatoms. The fourth-order valence-corrected chi connectivity index (χ4v) is 4.82. The van der Waals surface area contributed by atoms with E-state index in [4.69, 9.17) is 9.97 Å². The molecule has 1 atom stereocenters. The molecule has 1 aliphatic rings. The molecule has 0 unspecified atom stereocenters. The average Bonchev–Trinajstić information content (AvgIpc) is 3.14. The normalized spacial score (nSPS) is 18.3. The van der Waals surface area contributed by atoms with E-state index in [1.807, 2.05) is 41.1 Å². The quantitative estimate of drug-likeness (QED) is 0.744. The van der Waals surface area contributed by atoms with Crippen molar-refractivity contribution in [1.82, 2.24) is 14.7 Å². The van der Waals surface area contributed by atoms with Gasteiger partial charge < -0.3 is 4.90 Å². The van der Waals surface area contributed by atoms with Crippen LogP contribution >= 0.6 is 11.3 Å². The summed E-state index contributed by atoms with van der Waals surface area (Å²) in [5.41, 5.74) is 1.90. The first-order valence-electron chi connectivity index (χ1n) is 8.51. The van der Waals surface area contributed by atoms with Crippen molar-refractivity contribution in [3.8, 4) is 11.4 Å². The van der Waals surface area contributed by atoms with E-state index in [1.165, 1.54) is 6.26 Å². The molecule has 0 saturated carbocycles. The van der Waals surface area contributed by atoms with Gasteiger partial charge in [-0.25, -0.2) is 23.1 Å². The Morgan fingerprint density at radius 1 is 1.23 bits per heavy atom. The molecule has 1 fully saturated rings. The lowest BCUT2D eigenvalue weighted by molar-refractivity contribution is 0.466. The number of fused-ring (bicyclic) bond motifs is 1. The molecule has 3 heterocycles. The second-order valence-electron chi connectivity index (χ2n) is 6.58. The van der Waals surface area contributed by atoms with Crippen molar-refractivity contribution in [2.24, 2.45) is 0 Å². The summed E-state index contributed by atoms with van der Waals surface area (Å²) in [4.78, 5) is 11.7. The SMILES string of the molecule is CS(=O)(=O)N[C@@H]1CCCN(c2nc(-c3ccsc3)nc3ccccc23)C1. The highest BCUT2D eigenvalue weighted by Crippen LogP contribution is 2.30. The minimum absolute atomic E-state index is 0.0999. The van der Waals surface area contributed by atoms with Crippen molar-refractivity contribution in [1.29, 1.82) is 0 Å². The summed E-state index contributed by atoms with van der Waals surface area (Å²) < 4.78 is 26.0. The smallest absolute Gasteiger partial charge is 0.209 e. The summed E-state index contributed by atoms with van der Waals surface area (Å²) in [5, 5.41) is 5.05. The molecule has 1 N–H and O–H groups in total. The molecule has 1 aliphatic heterocycles. The first-order valence-corrected chi connectivity index (χ1v) is 11.3. The molecule has 6 nitrogen and oxygen atoms in total. The number of hydrogen-bond donors (Lipinski definition) is 1. The van der Waals surface area contributed by atoms with E-state index in [9.17, 15) is 8.42 Å². The zero-order valence-electron chi connectivity index (χ0n) is 14.4. The third-order valence-corrected chi connectivity index (χ3v) is 5.91. The number of nitrogens with zero attached hydrogens (tertiary/aromatic N) is 3. The molecule has 3 aromatic rings. The Morgan fingerprint density at radius 3 is 2.85 bits per heavy atom. The lowest BCUT2D eigenvalue weighted by atomic mass is 10.1. The van der Waals surface area contributed by atoms with Gasteiger partial charge in [-0.15, -0.1) is 0 Å². The summed E-state index contributed by atoms with van der Waals surface area (Å²) in [6, 6.07) is 9.89. The van der Waals surface area contributed by atoms with Crippen LogP contribution in [0.25, 0.3) is 22.3 Å². The molecule has 4 rings (SSSR count). The van der Waals surface area contributed by atoms with E-state index in [2.05, 4.69) is 9.62 Å². The average molecular weight is 389 g/mol. The molecule has 136 valence electrons. The predicted molar refractivity (Wildman–Crippen MR) is 106 cm³/mol. The molecule has 0 amide bonds. The van der Waals surface area contributed by atoms with Gasteiger partial charge in [-0.1, -0.05) is 12.1 Å². The Bertz CT molecular complexity index is 1020. The van der Waals surface area contributed by atoms with Gasteiger partial charge >= 0.3 is 0 Å². The summed E-state index contributed by atoms with van der Waals surface area (Å²) >= 11 is 1.62. The fraction of sp³-hybridized carbons (Fsp3) is 0.333. The molecule has 0 aliphatic carbocycles. The molecule has 0 spiro atoms. The van der Waals surface area contributed by atoms with Crippen LogP contribution < -0.4 is 9.62 Å². The van der Waals surface area contributed by atoms with E-state index in [0.29, 0.717) is 12.4 Å². The Hall–Kier alpha value is -2.03. The van der Waals surface area contributed by atoms with Crippen molar-refractivity contribution in [2.45, 2.75) is 18.9 Å². The van der Waals surface area contributed by atoms with Crippen LogP contribution in [0.4, 0.5) is 5.82 Å². The molecule has 0 bridgehead atoms. The fourth-order valence-electron chi connectivity index (χ4n) is 3.39. The van der Waals surface area contributed by atoms with Crippen LogP contribution in [-0.4, -0.2) is 43.8 Å². The number of rotatable bonds is 4. The van der Waals surface area contributed by atoms with Crippen molar-refractivity contribution in [3.63, 3.8) is 0 Å². The second kappa shape index (κ2) is 6.94. The summed E-state index contributed by atoms with van der Waals surface area (Å²) in [6.07, 6.45) is 2.96. The highest BCUT2D eigenvalue weighted by atomic mass is 32.2. The van der Waals surface area contributed by atoms with Gasteiger partial charge in [0.15, 0.2) is 5.82 Å². The first-order chi connectivity index (χ1) is 12.5. The van der Waals surface area contributed by atoms with E-state index in [-0.39, 0.29) is 6.04 Å². The van der Waals surface area contributed by atoms with Crippen molar-refractivity contribution in [2.75, 3.05) is 24.2 Å². The van der Waals surface area contributed by atoms with E-state index in [1.54, 1.807) is 11.3 Å². The number of aromatic nitrogens is 2. The lowest BCUT2D eigenvalue weighted by Gasteiger charge is -2.34. The van der Waals surface area contributed by atoms with Gasteiger partial charge in [0.25, 0.3) is 0 Å². The van der Waals surface area contributed by atoms with Gasteiger partial charge in [-0.3, -0.25) is 0 Å². The molecule has 2 aromatic heterocycles. The van der Waals surface area contributed by atoms with E-state index >= 15 is 0 Å². The maximum Gasteiger partial charge on any atom is 0.209 e. The standard InChI is InChI=1S/C18H20N4O2S2/c1-26(23,24)21-14-5-4-9-22(11-14)18-15-6-2-3-7-16(15)19-17(20-18)13-8-10-25-12-13/h2-3,6-8,10,12,14,21H,4-5,9,11H2,1H3/t14-/m1/s1. The summed E-state index contributed by atoms with van der Waals surface area (Å²) in [7, 11) is -3.22. The third-order valence-electron chi connectivity index (χ3n) is 4.46. The topological polar surface area (TPSA) is 75.2 Å². The zero-order chi connectivity index (χ0) is 18.1. The Labute approximate surface area is 157 Å². The highest BCUT2D eigenvalue weighted by molar-refractivity contribution is 7.88. The molecule has 1 saturated heterocycles. The van der Waals surface area contributed by atoms with Gasteiger partial charge in [0, 0.05) is 35.5 Å². The van der Waals surface area contributed by atoms with Crippen LogP contribution in [0.5, 0.6) is 0 Å². The Balaban J connectivity index is 1.75. The van der Waals surface area contributed by atoms with Crippen molar-refractivity contribution in [3.05, 3.63) is 41.1 Å². The van der Waals surface area contributed by atoms with Gasteiger partial charge in [-0.2, -0.15) is 11.3 Å². The summed E-state index contributed by atoms with van der Waals surface area (Å²) in [6.45, 7) is 1.46. The Morgan fingerprint density at radius 2 is 2.08 bits per heavy atom. The zero-order valence-corrected chi connectivity index (χ0v) is 16.1. The largest absolute Gasteiger partial charge is 0.354 e. The van der Waals surface area contributed by atoms with E-state index in [0.717, 1.165) is 41.7 Å².